The van der Waals surface area contributed by atoms with E-state index in [-0.39, 0.29) is 0 Å². The average Bonchev–Trinajstić information content (AvgIpc) is 2.44. The molecule has 1 aromatic carbocycles. The molecule has 0 saturated heterocycles. The maximum Gasteiger partial charge on any atom is 0.137 e. The molecule has 1 aromatic rings. The quantitative estimate of drug-likeness (QED) is 0.641. The first kappa shape index (κ1) is 15.5. The van der Waals surface area contributed by atoms with Gasteiger partial charge in [0.05, 0.1) is 12.2 Å². The molecule has 0 fully saturated rings. The number of hydrogen-bond donors (Lipinski definition) is 0. The van der Waals surface area contributed by atoms with Gasteiger partial charge in [0.25, 0.3) is 0 Å². The summed E-state index contributed by atoms with van der Waals surface area (Å²) in [5, 5.41) is 8.93. The van der Waals surface area contributed by atoms with Gasteiger partial charge in [-0.2, -0.15) is 5.26 Å². The molecule has 0 aromatic heterocycles. The normalized spacial score (nSPS) is 10.4. The number of para-hydroxylation sites is 1. The van der Waals surface area contributed by atoms with Gasteiger partial charge in [-0.1, -0.05) is 12.1 Å². The number of ether oxygens (including phenoxy) is 2. The first-order valence-electron chi connectivity index (χ1n) is 6.57. The minimum absolute atomic E-state index is 0.593. The van der Waals surface area contributed by atoms with Crippen molar-refractivity contribution >= 4 is 0 Å². The van der Waals surface area contributed by atoms with Crippen LogP contribution in [0.1, 0.15) is 18.4 Å². The van der Waals surface area contributed by atoms with E-state index in [2.05, 4.69) is 18.0 Å². The SMILES string of the molecule is COCCCN(C)CCCOc1ccccc1C#N. The Morgan fingerprint density at radius 2 is 1.84 bits per heavy atom. The van der Waals surface area contributed by atoms with Gasteiger partial charge in [-0.25, -0.2) is 0 Å². The van der Waals surface area contributed by atoms with Crippen molar-refractivity contribution < 1.29 is 9.47 Å². The second kappa shape index (κ2) is 9.37. The van der Waals surface area contributed by atoms with Crippen molar-refractivity contribution in [1.82, 2.24) is 4.90 Å². The van der Waals surface area contributed by atoms with Crippen molar-refractivity contribution in [2.24, 2.45) is 0 Å². The van der Waals surface area contributed by atoms with Crippen molar-refractivity contribution in [3.8, 4) is 11.8 Å². The van der Waals surface area contributed by atoms with Gasteiger partial charge < -0.3 is 14.4 Å². The first-order chi connectivity index (χ1) is 9.27. The van der Waals surface area contributed by atoms with Crippen LogP contribution in [-0.2, 0) is 4.74 Å². The van der Waals surface area contributed by atoms with Crippen LogP contribution in [0.15, 0.2) is 24.3 Å². The molecule has 0 aliphatic heterocycles. The number of nitriles is 1. The zero-order chi connectivity index (χ0) is 13.9. The second-order valence-electron chi connectivity index (χ2n) is 4.46. The molecule has 0 aliphatic rings. The highest BCUT2D eigenvalue weighted by atomic mass is 16.5. The van der Waals surface area contributed by atoms with Gasteiger partial charge in [-0.3, -0.25) is 0 Å². The summed E-state index contributed by atoms with van der Waals surface area (Å²) in [5.74, 6) is 0.673. The van der Waals surface area contributed by atoms with Crippen molar-refractivity contribution in [2.45, 2.75) is 12.8 Å². The predicted molar refractivity (Wildman–Crippen MR) is 75.3 cm³/mol. The van der Waals surface area contributed by atoms with E-state index >= 15 is 0 Å². The number of nitrogens with zero attached hydrogens (tertiary/aromatic N) is 2. The largest absolute Gasteiger partial charge is 0.492 e. The molecule has 0 unspecified atom stereocenters. The Morgan fingerprint density at radius 3 is 2.53 bits per heavy atom. The lowest BCUT2D eigenvalue weighted by molar-refractivity contribution is 0.176. The summed E-state index contributed by atoms with van der Waals surface area (Å²) in [5.41, 5.74) is 0.593. The fourth-order valence-corrected chi connectivity index (χ4v) is 1.79. The maximum absolute atomic E-state index is 8.93. The number of hydrogen-bond acceptors (Lipinski definition) is 4. The highest BCUT2D eigenvalue weighted by Gasteiger charge is 2.02. The minimum Gasteiger partial charge on any atom is -0.492 e. The lowest BCUT2D eigenvalue weighted by Crippen LogP contribution is -2.23. The monoisotopic (exact) mass is 262 g/mol. The van der Waals surface area contributed by atoms with Crippen LogP contribution in [0.3, 0.4) is 0 Å². The number of rotatable bonds is 9. The molecule has 0 N–H and O–H groups in total. The summed E-state index contributed by atoms with van der Waals surface area (Å²) in [6.07, 6.45) is 1.99. The van der Waals surface area contributed by atoms with Crippen LogP contribution in [0.25, 0.3) is 0 Å². The Kier molecular flexibility index (Phi) is 7.64. The third kappa shape index (κ3) is 6.23. The Labute approximate surface area is 115 Å². The van der Waals surface area contributed by atoms with E-state index < -0.39 is 0 Å². The van der Waals surface area contributed by atoms with Gasteiger partial charge >= 0.3 is 0 Å². The molecule has 0 spiro atoms. The van der Waals surface area contributed by atoms with E-state index in [0.717, 1.165) is 32.5 Å². The zero-order valence-corrected chi connectivity index (χ0v) is 11.8. The van der Waals surface area contributed by atoms with E-state index in [1.807, 2.05) is 18.2 Å². The van der Waals surface area contributed by atoms with Crippen molar-refractivity contribution in [3.63, 3.8) is 0 Å². The van der Waals surface area contributed by atoms with Crippen molar-refractivity contribution in [1.29, 1.82) is 5.26 Å². The van der Waals surface area contributed by atoms with E-state index in [9.17, 15) is 0 Å². The Hall–Kier alpha value is -1.57. The van der Waals surface area contributed by atoms with Gasteiger partial charge in [-0.15, -0.1) is 0 Å². The van der Waals surface area contributed by atoms with Crippen LogP contribution >= 0.6 is 0 Å². The summed E-state index contributed by atoms with van der Waals surface area (Å²) in [6, 6.07) is 9.46. The van der Waals surface area contributed by atoms with Crippen LogP contribution in [-0.4, -0.2) is 45.4 Å². The summed E-state index contributed by atoms with van der Waals surface area (Å²) in [7, 11) is 3.82. The number of methoxy groups -OCH3 is 1. The molecule has 0 atom stereocenters. The summed E-state index contributed by atoms with van der Waals surface area (Å²) < 4.78 is 10.6. The van der Waals surface area contributed by atoms with Gasteiger partial charge in [0.1, 0.15) is 11.8 Å². The smallest absolute Gasteiger partial charge is 0.137 e. The van der Waals surface area contributed by atoms with E-state index in [1.54, 1.807) is 13.2 Å². The van der Waals surface area contributed by atoms with Crippen LogP contribution in [0.4, 0.5) is 0 Å². The molecule has 0 aliphatic carbocycles. The van der Waals surface area contributed by atoms with Crippen molar-refractivity contribution in [2.75, 3.05) is 40.5 Å². The molecule has 0 radical (unpaired) electrons. The van der Waals surface area contributed by atoms with Gasteiger partial charge in [0, 0.05) is 26.8 Å². The highest BCUT2D eigenvalue weighted by Crippen LogP contribution is 2.16. The molecule has 0 amide bonds. The molecule has 0 saturated carbocycles. The van der Waals surface area contributed by atoms with E-state index in [0.29, 0.717) is 17.9 Å². The lowest BCUT2D eigenvalue weighted by Gasteiger charge is -2.16. The third-order valence-corrected chi connectivity index (χ3v) is 2.84. The molecule has 0 bridgehead atoms. The standard InChI is InChI=1S/C15H22N2O2/c1-17(9-5-11-18-2)10-6-12-19-15-8-4-3-7-14(15)13-16/h3-4,7-8H,5-6,9-12H2,1-2H3. The Morgan fingerprint density at radius 1 is 1.16 bits per heavy atom. The zero-order valence-electron chi connectivity index (χ0n) is 11.8. The fourth-order valence-electron chi connectivity index (χ4n) is 1.79. The highest BCUT2D eigenvalue weighted by molar-refractivity contribution is 5.42. The minimum atomic E-state index is 0.593. The van der Waals surface area contributed by atoms with Crippen LogP contribution < -0.4 is 4.74 Å². The van der Waals surface area contributed by atoms with Crippen LogP contribution in [0, 0.1) is 11.3 Å². The van der Waals surface area contributed by atoms with Crippen LogP contribution in [0.5, 0.6) is 5.75 Å². The second-order valence-corrected chi connectivity index (χ2v) is 4.46. The molecule has 0 heterocycles. The Balaban J connectivity index is 2.18. The molecule has 4 nitrogen and oxygen atoms in total. The van der Waals surface area contributed by atoms with E-state index in [1.165, 1.54) is 0 Å². The molecule has 19 heavy (non-hydrogen) atoms. The van der Waals surface area contributed by atoms with Crippen LogP contribution in [0.2, 0.25) is 0 Å². The Bertz CT molecular complexity index is 401. The predicted octanol–water partition coefficient (Wildman–Crippen LogP) is 2.30. The molecule has 1 rings (SSSR count). The average molecular weight is 262 g/mol. The molecular formula is C15H22N2O2. The summed E-state index contributed by atoms with van der Waals surface area (Å²) >= 11 is 0. The molecular weight excluding hydrogens is 240 g/mol. The van der Waals surface area contributed by atoms with Gasteiger partial charge in [-0.05, 0) is 32.0 Å². The van der Waals surface area contributed by atoms with Gasteiger partial charge in [0.2, 0.25) is 0 Å². The number of benzene rings is 1. The van der Waals surface area contributed by atoms with E-state index in [4.69, 9.17) is 14.7 Å². The van der Waals surface area contributed by atoms with Gasteiger partial charge in [0.15, 0.2) is 0 Å². The summed E-state index contributed by atoms with van der Waals surface area (Å²) in [6.45, 7) is 3.45. The molecule has 4 heteroatoms. The fraction of sp³-hybridized carbons (Fsp3) is 0.533. The summed E-state index contributed by atoms with van der Waals surface area (Å²) in [4.78, 5) is 2.26. The molecule has 104 valence electrons. The lowest BCUT2D eigenvalue weighted by atomic mass is 10.2. The topological polar surface area (TPSA) is 45.5 Å². The third-order valence-electron chi connectivity index (χ3n) is 2.84. The first-order valence-corrected chi connectivity index (χ1v) is 6.57. The van der Waals surface area contributed by atoms with Crippen molar-refractivity contribution in [3.05, 3.63) is 29.8 Å². The maximum atomic E-state index is 8.93.